The summed E-state index contributed by atoms with van der Waals surface area (Å²) in [5, 5.41) is 20.4. The lowest BCUT2D eigenvalue weighted by Gasteiger charge is -2.39. The van der Waals surface area contributed by atoms with E-state index in [-0.39, 0.29) is 11.5 Å². The minimum Gasteiger partial charge on any atom is -0.507 e. The molecule has 2 N–H and O–H groups in total. The molecule has 0 atom stereocenters. The molecule has 0 fully saturated rings. The molecule has 71 heavy (non-hydrogen) atoms. The largest absolute Gasteiger partial charge is 0.507 e. The highest BCUT2D eigenvalue weighted by Gasteiger charge is 2.39. The molecule has 0 aliphatic rings. The monoisotopic (exact) mass is 1020 g/mol. The molecular weight excluding hydrogens is 941 g/mol. The van der Waals surface area contributed by atoms with Gasteiger partial charge in [-0.1, -0.05) is 12.1 Å². The maximum absolute atomic E-state index is 10.2. The van der Waals surface area contributed by atoms with Gasteiger partial charge in [0.25, 0.3) is 0 Å². The molecule has 0 aliphatic carbocycles. The first-order valence-corrected chi connectivity index (χ1v) is 33.7. The van der Waals surface area contributed by atoms with E-state index >= 15 is 0 Å². The van der Waals surface area contributed by atoms with Crippen LogP contribution in [0.1, 0.15) is 68.5 Å². The number of aryl methyl sites for hydroxylation is 10. The molecule has 6 aromatic rings. The summed E-state index contributed by atoms with van der Waals surface area (Å²) in [5.74, 6) is 7.56. The molecule has 0 amide bonds. The average Bonchev–Trinajstić information content (AvgIpc) is 3.27. The smallest absolute Gasteiger partial charge is 0.311 e. The third-order valence-electron chi connectivity index (χ3n) is 12.7. The first kappa shape index (κ1) is 54.6. The van der Waals surface area contributed by atoms with Crippen LogP contribution in [0.4, 0.5) is 0 Å². The van der Waals surface area contributed by atoms with Crippen molar-refractivity contribution >= 4 is 25.2 Å². The summed E-state index contributed by atoms with van der Waals surface area (Å²) in [4.78, 5) is 0. The number of rotatable bonds is 22. The highest BCUT2D eigenvalue weighted by Crippen LogP contribution is 2.41. The van der Waals surface area contributed by atoms with E-state index in [2.05, 4.69) is 63.5 Å². The number of hydrogen-bond acceptors (Lipinski definition) is 10. The van der Waals surface area contributed by atoms with Crippen molar-refractivity contribution < 1.29 is 46.9 Å². The fourth-order valence-electron chi connectivity index (χ4n) is 9.49. The minimum absolute atomic E-state index is 0.288. The SMILES string of the molecule is COc1cc(CCC[Si](C)(C)O[Si](C)(C)O[Si](C)(C)CCCc2ccc(Oc3cc(C)c(Oc4cc(C)c(O)c(C)c4)c(C)c3)c(OC)c2)ccc1Oc1cc(C)c(Oc2cc(C)c(O)c(C)c2)c(C)c1. The van der Waals surface area contributed by atoms with Gasteiger partial charge in [-0.2, -0.15) is 0 Å². The zero-order valence-electron chi connectivity index (χ0n) is 45.0. The van der Waals surface area contributed by atoms with Gasteiger partial charge < -0.3 is 46.9 Å². The number of phenolic OH excluding ortho intramolecular Hbond substituents is 2. The second-order valence-electron chi connectivity index (χ2n) is 20.8. The van der Waals surface area contributed by atoms with Crippen molar-refractivity contribution in [2.24, 2.45) is 0 Å². The van der Waals surface area contributed by atoms with Crippen LogP contribution in [0.3, 0.4) is 0 Å². The number of benzene rings is 6. The van der Waals surface area contributed by atoms with E-state index in [1.54, 1.807) is 14.2 Å². The van der Waals surface area contributed by atoms with Gasteiger partial charge in [-0.15, -0.1) is 0 Å². The topological polar surface area (TPSA) is 114 Å². The summed E-state index contributed by atoms with van der Waals surface area (Å²) in [6, 6.07) is 29.7. The summed E-state index contributed by atoms with van der Waals surface area (Å²) in [6.45, 7) is 29.2. The predicted octanol–water partition coefficient (Wildman–Crippen LogP) is 16.5. The van der Waals surface area contributed by atoms with Gasteiger partial charge in [-0.3, -0.25) is 0 Å². The molecule has 0 aliphatic heterocycles. The second kappa shape index (κ2) is 22.8. The molecule has 6 aromatic carbocycles. The Labute approximate surface area is 426 Å². The fraction of sp³-hybridized carbons (Fsp3) is 0.379. The molecule has 0 saturated carbocycles. The average molecular weight is 1020 g/mol. The first-order chi connectivity index (χ1) is 33.3. The molecule has 0 bridgehead atoms. The van der Waals surface area contributed by atoms with Gasteiger partial charge in [0.1, 0.15) is 46.0 Å². The summed E-state index contributed by atoms with van der Waals surface area (Å²) in [6.07, 6.45) is 3.82. The molecule has 6 rings (SSSR count). The molecule has 10 nitrogen and oxygen atoms in total. The molecule has 0 heterocycles. The number of phenols is 2. The Morgan fingerprint density at radius 2 is 0.676 bits per heavy atom. The Bertz CT molecular complexity index is 2570. The highest BCUT2D eigenvalue weighted by atomic mass is 28.5. The van der Waals surface area contributed by atoms with Crippen LogP contribution in [0.5, 0.6) is 69.0 Å². The lowest BCUT2D eigenvalue weighted by atomic mass is 10.1. The van der Waals surface area contributed by atoms with Crippen molar-refractivity contribution in [3.63, 3.8) is 0 Å². The van der Waals surface area contributed by atoms with Crippen molar-refractivity contribution in [1.29, 1.82) is 0 Å². The van der Waals surface area contributed by atoms with Gasteiger partial charge in [-0.25, -0.2) is 0 Å². The van der Waals surface area contributed by atoms with Crippen LogP contribution >= 0.6 is 0 Å². The number of hydrogen-bond donors (Lipinski definition) is 2. The summed E-state index contributed by atoms with van der Waals surface area (Å²) < 4.78 is 51.0. The van der Waals surface area contributed by atoms with Gasteiger partial charge in [0, 0.05) is 0 Å². The molecule has 0 unspecified atom stereocenters. The van der Waals surface area contributed by atoms with Crippen LogP contribution in [-0.2, 0) is 21.1 Å². The van der Waals surface area contributed by atoms with Crippen LogP contribution in [0, 0.1) is 55.4 Å². The van der Waals surface area contributed by atoms with Crippen molar-refractivity contribution in [2.45, 2.75) is 132 Å². The summed E-state index contributed by atoms with van der Waals surface area (Å²) >= 11 is 0. The Morgan fingerprint density at radius 3 is 0.986 bits per heavy atom. The maximum Gasteiger partial charge on any atom is 0.311 e. The zero-order chi connectivity index (χ0) is 52.0. The van der Waals surface area contributed by atoms with E-state index in [1.165, 1.54) is 11.1 Å². The molecular formula is C58H76O10Si3. The van der Waals surface area contributed by atoms with Gasteiger partial charge in [0.15, 0.2) is 39.6 Å². The quantitative estimate of drug-likeness (QED) is 0.0637. The number of ether oxygens (including phenoxy) is 6. The zero-order valence-corrected chi connectivity index (χ0v) is 48.0. The van der Waals surface area contributed by atoms with Crippen molar-refractivity contribution in [3.8, 4) is 69.0 Å². The molecule has 0 aromatic heterocycles. The maximum atomic E-state index is 10.2. The van der Waals surface area contributed by atoms with E-state index in [1.807, 2.05) is 116 Å². The van der Waals surface area contributed by atoms with Crippen LogP contribution in [-0.4, -0.2) is 49.6 Å². The lowest BCUT2D eigenvalue weighted by molar-refractivity contribution is 0.377. The first-order valence-electron chi connectivity index (χ1n) is 24.6. The van der Waals surface area contributed by atoms with Crippen LogP contribution in [0.2, 0.25) is 51.4 Å². The van der Waals surface area contributed by atoms with Crippen molar-refractivity contribution in [1.82, 2.24) is 0 Å². The second-order valence-corrected chi connectivity index (χ2v) is 33.3. The molecule has 0 saturated heterocycles. The van der Waals surface area contributed by atoms with E-state index in [9.17, 15) is 10.2 Å². The van der Waals surface area contributed by atoms with E-state index in [0.29, 0.717) is 46.0 Å². The standard InChI is InChI=1S/C58H76O10Si3/c1-37-27-49(28-38(2)55(37)59)65-57-41(5)31-47(32-42(57)6)63-51-23-21-45(35-53(51)61-9)19-17-25-69(11,12)67-71(15,16)68-70(13,14)26-18-20-46-22-24-52(54(36-46)62-10)64-48-33-43(7)58(44(8)34-48)66-50-29-39(3)56(60)40(4)30-50/h21-24,27-36,59-60H,17-20,25-26H2,1-16H3. The van der Waals surface area contributed by atoms with Crippen molar-refractivity contribution in [2.75, 3.05) is 14.2 Å². The number of methoxy groups -OCH3 is 2. The van der Waals surface area contributed by atoms with E-state index in [0.717, 1.165) is 93.8 Å². The van der Waals surface area contributed by atoms with Gasteiger partial charge in [0.2, 0.25) is 0 Å². The third kappa shape index (κ3) is 14.7. The Morgan fingerprint density at radius 1 is 0.380 bits per heavy atom. The molecule has 0 radical (unpaired) electrons. The predicted molar refractivity (Wildman–Crippen MR) is 294 cm³/mol. The van der Waals surface area contributed by atoms with Crippen molar-refractivity contribution in [3.05, 3.63) is 141 Å². The highest BCUT2D eigenvalue weighted by molar-refractivity contribution is 6.87. The summed E-state index contributed by atoms with van der Waals surface area (Å²) in [5.41, 5.74) is 9.24. The van der Waals surface area contributed by atoms with Gasteiger partial charge >= 0.3 is 8.56 Å². The van der Waals surface area contributed by atoms with Crippen LogP contribution < -0.4 is 28.4 Å². The fourth-order valence-corrected chi connectivity index (χ4v) is 23.6. The number of aromatic hydroxyl groups is 2. The Balaban J connectivity index is 0.970. The Kier molecular flexibility index (Phi) is 17.5. The van der Waals surface area contributed by atoms with E-state index in [4.69, 9.17) is 36.7 Å². The Hall–Kier alpha value is -5.71. The van der Waals surface area contributed by atoms with E-state index < -0.39 is 25.2 Å². The minimum atomic E-state index is -2.41. The molecule has 0 spiro atoms. The van der Waals surface area contributed by atoms with Gasteiger partial charge in [0.05, 0.1) is 14.2 Å². The normalized spacial score (nSPS) is 11.9. The lowest BCUT2D eigenvalue weighted by Crippen LogP contribution is -2.52. The molecule has 380 valence electrons. The van der Waals surface area contributed by atoms with Gasteiger partial charge in [-0.05, 0) is 261 Å². The third-order valence-corrected chi connectivity index (χ3v) is 24.1. The summed E-state index contributed by atoms with van der Waals surface area (Å²) in [7, 11) is -3.14. The van der Waals surface area contributed by atoms with Crippen LogP contribution in [0.15, 0.2) is 84.9 Å². The molecule has 13 heteroatoms. The van der Waals surface area contributed by atoms with Crippen LogP contribution in [0.25, 0.3) is 0 Å².